The van der Waals surface area contributed by atoms with Crippen LogP contribution in [0.1, 0.15) is 12.0 Å². The molecule has 7 heteroatoms. The summed E-state index contributed by atoms with van der Waals surface area (Å²) in [6, 6.07) is 7.55. The molecule has 6 nitrogen and oxygen atoms in total. The van der Waals surface area contributed by atoms with Crippen molar-refractivity contribution in [3.63, 3.8) is 0 Å². The van der Waals surface area contributed by atoms with Crippen LogP contribution in [0.3, 0.4) is 0 Å². The normalized spacial score (nSPS) is 22.4. The lowest BCUT2D eigenvalue weighted by Gasteiger charge is -2.49. The van der Waals surface area contributed by atoms with E-state index in [9.17, 15) is 9.59 Å². The minimum atomic E-state index is -0.533. The topological polar surface area (TPSA) is 84.7 Å². The highest BCUT2D eigenvalue weighted by Gasteiger charge is 2.49. The smallest absolute Gasteiger partial charge is 0.236 e. The zero-order valence-corrected chi connectivity index (χ0v) is 14.9. The fraction of sp³-hybridized carbons (Fsp3) is 0.556. The third-order valence-corrected chi connectivity index (χ3v) is 5.21. The van der Waals surface area contributed by atoms with E-state index in [4.69, 9.17) is 22.1 Å². The van der Waals surface area contributed by atoms with Crippen molar-refractivity contribution in [3.05, 3.63) is 34.9 Å². The predicted octanol–water partition coefficient (Wildman–Crippen LogP) is 0.822. The average molecular weight is 366 g/mol. The maximum atomic E-state index is 12.7. The van der Waals surface area contributed by atoms with Gasteiger partial charge < -0.3 is 20.7 Å². The number of nitrogens with zero attached hydrogens (tertiary/aromatic N) is 1. The van der Waals surface area contributed by atoms with E-state index in [1.807, 2.05) is 24.3 Å². The van der Waals surface area contributed by atoms with Gasteiger partial charge >= 0.3 is 0 Å². The van der Waals surface area contributed by atoms with Crippen LogP contribution in [0, 0.1) is 11.3 Å². The molecular formula is C18H24ClN3O3. The summed E-state index contributed by atoms with van der Waals surface area (Å²) in [5, 5.41) is 3.35. The molecule has 2 saturated heterocycles. The van der Waals surface area contributed by atoms with Crippen molar-refractivity contribution < 1.29 is 14.3 Å². The molecule has 2 aliphatic heterocycles. The lowest BCUT2D eigenvalue weighted by molar-refractivity contribution is -0.143. The molecule has 1 atom stereocenters. The molecule has 1 aromatic carbocycles. The second-order valence-corrected chi connectivity index (χ2v) is 7.57. The minimum Gasteiger partial charge on any atom is -0.381 e. The van der Waals surface area contributed by atoms with Crippen molar-refractivity contribution in [2.24, 2.45) is 17.1 Å². The third-order valence-electron chi connectivity index (χ3n) is 4.95. The Morgan fingerprint density at radius 3 is 2.64 bits per heavy atom. The summed E-state index contributed by atoms with van der Waals surface area (Å²) in [6.45, 7) is 3.80. The van der Waals surface area contributed by atoms with Gasteiger partial charge in [-0.05, 0) is 36.5 Å². The Bertz CT molecular complexity index is 623. The highest BCUT2D eigenvalue weighted by atomic mass is 35.5. The monoisotopic (exact) mass is 365 g/mol. The second kappa shape index (κ2) is 7.72. The number of carbonyl (C=O) groups excluding carboxylic acids is 2. The molecule has 2 fully saturated rings. The number of hydrogen-bond acceptors (Lipinski definition) is 4. The number of hydrogen-bond donors (Lipinski definition) is 2. The van der Waals surface area contributed by atoms with Crippen LogP contribution in [-0.4, -0.2) is 56.1 Å². The zero-order valence-electron chi connectivity index (χ0n) is 14.2. The zero-order chi connectivity index (χ0) is 17.9. The lowest BCUT2D eigenvalue weighted by Crippen LogP contribution is -2.65. The van der Waals surface area contributed by atoms with Crippen LogP contribution in [0.4, 0.5) is 0 Å². The Labute approximate surface area is 152 Å². The van der Waals surface area contributed by atoms with Crippen molar-refractivity contribution in [1.82, 2.24) is 10.2 Å². The first-order valence-electron chi connectivity index (χ1n) is 8.58. The number of benzene rings is 1. The SMILES string of the molecule is NC(=O)CNC(=O)C1(Cc2ccc(Cl)cc2)CN(CC2CCOC2)C1. The highest BCUT2D eigenvalue weighted by Crippen LogP contribution is 2.36. The summed E-state index contributed by atoms with van der Waals surface area (Å²) in [7, 11) is 0. The summed E-state index contributed by atoms with van der Waals surface area (Å²) in [6.07, 6.45) is 1.70. The Hall–Kier alpha value is -1.63. The van der Waals surface area contributed by atoms with Gasteiger partial charge in [-0.25, -0.2) is 0 Å². The molecule has 0 radical (unpaired) electrons. The summed E-state index contributed by atoms with van der Waals surface area (Å²) >= 11 is 5.95. The fourth-order valence-corrected chi connectivity index (χ4v) is 3.84. The Morgan fingerprint density at radius 1 is 1.32 bits per heavy atom. The highest BCUT2D eigenvalue weighted by molar-refractivity contribution is 6.30. The van der Waals surface area contributed by atoms with Crippen LogP contribution in [0.15, 0.2) is 24.3 Å². The maximum Gasteiger partial charge on any atom is 0.236 e. The van der Waals surface area contributed by atoms with Crippen molar-refractivity contribution in [2.75, 3.05) is 39.4 Å². The Morgan fingerprint density at radius 2 is 2.04 bits per heavy atom. The van der Waals surface area contributed by atoms with E-state index in [1.165, 1.54) is 0 Å². The number of amides is 2. The van der Waals surface area contributed by atoms with E-state index in [1.54, 1.807) is 0 Å². The Balaban J connectivity index is 1.65. The van der Waals surface area contributed by atoms with E-state index in [0.717, 1.165) is 31.7 Å². The van der Waals surface area contributed by atoms with Crippen molar-refractivity contribution >= 4 is 23.4 Å². The third kappa shape index (κ3) is 4.51. The van der Waals surface area contributed by atoms with Gasteiger partial charge in [-0.2, -0.15) is 0 Å². The molecule has 0 bridgehead atoms. The van der Waals surface area contributed by atoms with Gasteiger partial charge in [-0.1, -0.05) is 23.7 Å². The number of ether oxygens (including phenoxy) is 1. The number of rotatable bonds is 7. The molecule has 3 N–H and O–H groups in total. The van der Waals surface area contributed by atoms with E-state index in [0.29, 0.717) is 30.5 Å². The first kappa shape index (κ1) is 18.2. The van der Waals surface area contributed by atoms with E-state index in [-0.39, 0.29) is 12.5 Å². The van der Waals surface area contributed by atoms with Crippen LogP contribution >= 0.6 is 11.6 Å². The molecule has 25 heavy (non-hydrogen) atoms. The number of nitrogens with one attached hydrogen (secondary N) is 1. The first-order valence-corrected chi connectivity index (χ1v) is 8.96. The largest absolute Gasteiger partial charge is 0.381 e. The molecule has 2 amide bonds. The standard InChI is InChI=1S/C18H24ClN3O3/c19-15-3-1-13(2-4-15)7-18(17(24)21-8-16(20)23)11-22(12-18)9-14-5-6-25-10-14/h1-4,14H,5-12H2,(H2,20,23)(H,21,24). The van der Waals surface area contributed by atoms with Gasteiger partial charge in [0, 0.05) is 31.3 Å². The molecule has 0 aromatic heterocycles. The van der Waals surface area contributed by atoms with Gasteiger partial charge in [0.15, 0.2) is 0 Å². The number of halogens is 1. The van der Waals surface area contributed by atoms with Gasteiger partial charge in [0.25, 0.3) is 0 Å². The van der Waals surface area contributed by atoms with E-state index < -0.39 is 11.3 Å². The summed E-state index contributed by atoms with van der Waals surface area (Å²) in [5.41, 5.74) is 5.69. The summed E-state index contributed by atoms with van der Waals surface area (Å²) in [4.78, 5) is 26.0. The molecule has 0 saturated carbocycles. The number of likely N-dealkylation sites (tertiary alicyclic amines) is 1. The second-order valence-electron chi connectivity index (χ2n) is 7.13. The van der Waals surface area contributed by atoms with Gasteiger partial charge in [-0.3, -0.25) is 9.59 Å². The molecule has 2 aliphatic rings. The number of nitrogens with two attached hydrogens (primary N) is 1. The lowest BCUT2D eigenvalue weighted by atomic mass is 9.73. The molecule has 0 spiro atoms. The van der Waals surface area contributed by atoms with Gasteiger partial charge in [-0.15, -0.1) is 0 Å². The van der Waals surface area contributed by atoms with E-state index >= 15 is 0 Å². The molecule has 136 valence electrons. The maximum absolute atomic E-state index is 12.7. The van der Waals surface area contributed by atoms with Crippen LogP contribution < -0.4 is 11.1 Å². The molecule has 2 heterocycles. The summed E-state index contributed by atoms with van der Waals surface area (Å²) in [5.74, 6) is -0.100. The van der Waals surface area contributed by atoms with Gasteiger partial charge in [0.2, 0.25) is 11.8 Å². The Kier molecular flexibility index (Phi) is 5.61. The molecule has 0 aliphatic carbocycles. The average Bonchev–Trinajstić information content (AvgIpc) is 3.05. The predicted molar refractivity (Wildman–Crippen MR) is 95.2 cm³/mol. The van der Waals surface area contributed by atoms with Crippen LogP contribution in [-0.2, 0) is 20.7 Å². The molecular weight excluding hydrogens is 342 g/mol. The fourth-order valence-electron chi connectivity index (χ4n) is 3.71. The number of primary amides is 1. The van der Waals surface area contributed by atoms with Crippen molar-refractivity contribution in [3.8, 4) is 0 Å². The number of carbonyl (C=O) groups is 2. The molecule has 1 aromatic rings. The first-order chi connectivity index (χ1) is 12.0. The van der Waals surface area contributed by atoms with Crippen LogP contribution in [0.25, 0.3) is 0 Å². The summed E-state index contributed by atoms with van der Waals surface area (Å²) < 4.78 is 5.43. The van der Waals surface area contributed by atoms with Gasteiger partial charge in [0.1, 0.15) is 0 Å². The van der Waals surface area contributed by atoms with Crippen molar-refractivity contribution in [1.29, 1.82) is 0 Å². The van der Waals surface area contributed by atoms with Crippen LogP contribution in [0.5, 0.6) is 0 Å². The van der Waals surface area contributed by atoms with Gasteiger partial charge in [0.05, 0.1) is 18.6 Å². The quantitative estimate of drug-likeness (QED) is 0.749. The molecule has 3 rings (SSSR count). The minimum absolute atomic E-state index is 0.111. The van der Waals surface area contributed by atoms with E-state index in [2.05, 4.69) is 10.2 Å². The van der Waals surface area contributed by atoms with Crippen LogP contribution in [0.2, 0.25) is 5.02 Å². The molecule has 1 unspecified atom stereocenters. The van der Waals surface area contributed by atoms with Crippen molar-refractivity contribution in [2.45, 2.75) is 12.8 Å².